The second-order valence-corrected chi connectivity index (χ2v) is 2.02. The molecule has 0 bridgehead atoms. The van der Waals surface area contributed by atoms with Crippen LogP contribution in [0.15, 0.2) is 12.4 Å². The Morgan fingerprint density at radius 3 is 2.91 bits per heavy atom. The Balaban J connectivity index is 2.96. The minimum atomic E-state index is -0.429. The molecule has 58 valence electrons. The van der Waals surface area contributed by atoms with E-state index in [2.05, 4.69) is 9.97 Å². The van der Waals surface area contributed by atoms with E-state index in [-0.39, 0.29) is 5.69 Å². The molecule has 1 amide bonds. The number of carbonyl (C=O) groups is 1. The van der Waals surface area contributed by atoms with Crippen molar-refractivity contribution in [2.75, 3.05) is 0 Å². The second-order valence-electron chi connectivity index (χ2n) is 2.02. The van der Waals surface area contributed by atoms with E-state index in [9.17, 15) is 4.79 Å². The molecule has 0 saturated carbocycles. The lowest BCUT2D eigenvalue weighted by molar-refractivity contribution is 0.0948. The number of nitrogens with zero attached hydrogens (tertiary/aromatic N) is 2. The zero-order valence-corrected chi connectivity index (χ0v) is 6.03. The van der Waals surface area contributed by atoms with Crippen LogP contribution in [0.4, 0.5) is 0 Å². The van der Waals surface area contributed by atoms with Gasteiger partial charge in [-0.05, 0) is 6.92 Å². The quantitative estimate of drug-likeness (QED) is 0.319. The molecule has 0 atom stereocenters. The predicted octanol–water partition coefficient (Wildman–Crippen LogP) is -0.611. The summed E-state index contributed by atoms with van der Waals surface area (Å²) < 4.78 is 0. The molecular weight excluding hydrogens is 144 g/mol. The van der Waals surface area contributed by atoms with Crippen molar-refractivity contribution >= 4 is 5.91 Å². The molecule has 1 rings (SSSR count). The maximum atomic E-state index is 10.8. The Morgan fingerprint density at radius 1 is 1.64 bits per heavy atom. The zero-order chi connectivity index (χ0) is 8.27. The molecule has 0 aromatic carbocycles. The Labute approximate surface area is 63.6 Å². The van der Waals surface area contributed by atoms with Gasteiger partial charge in [-0.15, -0.1) is 0 Å². The van der Waals surface area contributed by atoms with Crippen molar-refractivity contribution in [3.63, 3.8) is 0 Å². The van der Waals surface area contributed by atoms with Crippen molar-refractivity contribution in [2.45, 2.75) is 6.92 Å². The number of hydrogen-bond donors (Lipinski definition) is 2. The summed E-state index contributed by atoms with van der Waals surface area (Å²) in [6.45, 7) is 1.75. The molecule has 0 radical (unpaired) electrons. The van der Waals surface area contributed by atoms with Crippen LogP contribution < -0.4 is 11.3 Å². The monoisotopic (exact) mass is 152 g/mol. The van der Waals surface area contributed by atoms with Crippen LogP contribution in [-0.2, 0) is 0 Å². The molecule has 1 heterocycles. The Kier molecular flexibility index (Phi) is 2.12. The van der Waals surface area contributed by atoms with Gasteiger partial charge in [0.1, 0.15) is 5.69 Å². The highest BCUT2D eigenvalue weighted by molar-refractivity contribution is 5.91. The fourth-order valence-corrected chi connectivity index (χ4v) is 0.647. The van der Waals surface area contributed by atoms with Crippen molar-refractivity contribution in [1.29, 1.82) is 0 Å². The van der Waals surface area contributed by atoms with Crippen molar-refractivity contribution in [3.8, 4) is 0 Å². The van der Waals surface area contributed by atoms with Gasteiger partial charge >= 0.3 is 0 Å². The first-order valence-corrected chi connectivity index (χ1v) is 3.03. The third-order valence-electron chi connectivity index (χ3n) is 1.12. The Morgan fingerprint density at radius 2 is 2.36 bits per heavy atom. The first-order chi connectivity index (χ1) is 5.24. The number of aryl methyl sites for hydroxylation is 1. The Hall–Kier alpha value is -1.49. The van der Waals surface area contributed by atoms with E-state index < -0.39 is 5.91 Å². The molecule has 0 aliphatic carbocycles. The highest BCUT2D eigenvalue weighted by Crippen LogP contribution is 1.92. The largest absolute Gasteiger partial charge is 0.289 e. The summed E-state index contributed by atoms with van der Waals surface area (Å²) in [6, 6.07) is 0. The van der Waals surface area contributed by atoms with Crippen LogP contribution in [0.2, 0.25) is 0 Å². The number of hydrogen-bond acceptors (Lipinski definition) is 4. The summed E-state index contributed by atoms with van der Waals surface area (Å²) in [5.41, 5.74) is 2.88. The normalized spacial score (nSPS) is 9.27. The number of hydrazine groups is 1. The molecule has 0 saturated heterocycles. The molecule has 1 aromatic heterocycles. The van der Waals surface area contributed by atoms with Gasteiger partial charge in [0.15, 0.2) is 0 Å². The average Bonchev–Trinajstić information content (AvgIpc) is 2.03. The van der Waals surface area contributed by atoms with Crippen LogP contribution in [-0.4, -0.2) is 15.9 Å². The summed E-state index contributed by atoms with van der Waals surface area (Å²) in [7, 11) is 0. The standard InChI is InChI=1S/C6H8N4O/c1-4-2-8-3-5(9-4)6(11)10-7/h2-3H,7H2,1H3,(H,10,11). The molecule has 0 aliphatic heterocycles. The minimum absolute atomic E-state index is 0.229. The molecule has 0 spiro atoms. The maximum absolute atomic E-state index is 10.8. The lowest BCUT2D eigenvalue weighted by Crippen LogP contribution is -2.30. The van der Waals surface area contributed by atoms with E-state index in [4.69, 9.17) is 5.84 Å². The smallest absolute Gasteiger partial charge is 0.285 e. The topological polar surface area (TPSA) is 80.9 Å². The number of carbonyl (C=O) groups excluding carboxylic acids is 1. The number of rotatable bonds is 1. The van der Waals surface area contributed by atoms with E-state index in [0.29, 0.717) is 5.69 Å². The van der Waals surface area contributed by atoms with Crippen LogP contribution in [0.5, 0.6) is 0 Å². The maximum Gasteiger partial charge on any atom is 0.285 e. The molecule has 0 aliphatic rings. The summed E-state index contributed by atoms with van der Waals surface area (Å²) >= 11 is 0. The predicted molar refractivity (Wildman–Crippen MR) is 38.4 cm³/mol. The van der Waals surface area contributed by atoms with Gasteiger partial charge in [-0.2, -0.15) is 0 Å². The second kappa shape index (κ2) is 3.07. The van der Waals surface area contributed by atoms with Crippen molar-refractivity contribution < 1.29 is 4.79 Å². The molecule has 11 heavy (non-hydrogen) atoms. The van der Waals surface area contributed by atoms with E-state index >= 15 is 0 Å². The van der Waals surface area contributed by atoms with Crippen LogP contribution in [0, 0.1) is 6.92 Å². The summed E-state index contributed by atoms with van der Waals surface area (Å²) in [5.74, 6) is 4.46. The molecule has 5 nitrogen and oxygen atoms in total. The highest BCUT2D eigenvalue weighted by atomic mass is 16.2. The number of nitrogens with one attached hydrogen (secondary N) is 1. The third-order valence-corrected chi connectivity index (χ3v) is 1.12. The van der Waals surface area contributed by atoms with Gasteiger partial charge in [0.25, 0.3) is 5.91 Å². The SMILES string of the molecule is Cc1cncc(C(=O)NN)n1. The molecule has 1 aromatic rings. The Bertz CT molecular complexity index is 273. The summed E-state index contributed by atoms with van der Waals surface area (Å²) in [5, 5.41) is 0. The molecule has 0 fully saturated rings. The first kappa shape index (κ1) is 7.62. The lowest BCUT2D eigenvalue weighted by atomic mass is 10.4. The van der Waals surface area contributed by atoms with Crippen LogP contribution in [0.25, 0.3) is 0 Å². The first-order valence-electron chi connectivity index (χ1n) is 3.03. The summed E-state index contributed by atoms with van der Waals surface area (Å²) in [4.78, 5) is 18.5. The summed E-state index contributed by atoms with van der Waals surface area (Å²) in [6.07, 6.45) is 2.92. The van der Waals surface area contributed by atoms with E-state index in [1.165, 1.54) is 6.20 Å². The molecule has 3 N–H and O–H groups in total. The fraction of sp³-hybridized carbons (Fsp3) is 0.167. The fourth-order valence-electron chi connectivity index (χ4n) is 0.647. The van der Waals surface area contributed by atoms with E-state index in [1.807, 2.05) is 5.43 Å². The van der Waals surface area contributed by atoms with Crippen molar-refractivity contribution in [3.05, 3.63) is 23.8 Å². The van der Waals surface area contributed by atoms with Crippen molar-refractivity contribution in [2.24, 2.45) is 5.84 Å². The lowest BCUT2D eigenvalue weighted by Gasteiger charge is -1.97. The van der Waals surface area contributed by atoms with Gasteiger partial charge in [-0.3, -0.25) is 15.2 Å². The number of amides is 1. The van der Waals surface area contributed by atoms with Crippen LogP contribution in [0.1, 0.15) is 16.2 Å². The van der Waals surface area contributed by atoms with Gasteiger partial charge in [-0.25, -0.2) is 10.8 Å². The van der Waals surface area contributed by atoms with Gasteiger partial charge in [0.05, 0.1) is 11.9 Å². The van der Waals surface area contributed by atoms with Crippen molar-refractivity contribution in [1.82, 2.24) is 15.4 Å². The third kappa shape index (κ3) is 1.71. The average molecular weight is 152 g/mol. The highest BCUT2D eigenvalue weighted by Gasteiger charge is 2.03. The van der Waals surface area contributed by atoms with Crippen LogP contribution >= 0.6 is 0 Å². The van der Waals surface area contributed by atoms with Gasteiger partial charge in [-0.1, -0.05) is 0 Å². The number of aromatic nitrogens is 2. The number of nitrogen functional groups attached to an aromatic ring is 1. The van der Waals surface area contributed by atoms with Crippen LogP contribution in [0.3, 0.4) is 0 Å². The minimum Gasteiger partial charge on any atom is -0.289 e. The van der Waals surface area contributed by atoms with Gasteiger partial charge in [0.2, 0.25) is 0 Å². The molecule has 5 heteroatoms. The van der Waals surface area contributed by atoms with Gasteiger partial charge in [0, 0.05) is 6.20 Å². The molecule has 0 unspecified atom stereocenters. The van der Waals surface area contributed by atoms with E-state index in [0.717, 1.165) is 0 Å². The van der Waals surface area contributed by atoms with Gasteiger partial charge < -0.3 is 0 Å². The van der Waals surface area contributed by atoms with E-state index in [1.54, 1.807) is 13.1 Å². The number of nitrogens with two attached hydrogens (primary N) is 1. The molecular formula is C6H8N4O. The zero-order valence-electron chi connectivity index (χ0n) is 6.03.